The fraction of sp³-hybridized carbons (Fsp3) is 1.00. The zero-order valence-corrected chi connectivity index (χ0v) is 9.78. The lowest BCUT2D eigenvalue weighted by Crippen LogP contribution is -2.00. The Morgan fingerprint density at radius 3 is 2.08 bits per heavy atom. The summed E-state index contributed by atoms with van der Waals surface area (Å²) in [6, 6.07) is 0. The maximum absolute atomic E-state index is 5.81. The van der Waals surface area contributed by atoms with Crippen molar-refractivity contribution in [1.29, 1.82) is 0 Å². The number of methoxy groups -OCH3 is 1. The first kappa shape index (κ1) is 13.2. The molecular formula is C11H23ClO. The molecule has 0 radical (unpaired) electrons. The third kappa shape index (κ3) is 10.2. The van der Waals surface area contributed by atoms with Crippen molar-refractivity contribution in [3.8, 4) is 0 Å². The minimum atomic E-state index is -0.0735. The van der Waals surface area contributed by atoms with Gasteiger partial charge < -0.3 is 4.74 Å². The minimum Gasteiger partial charge on any atom is -0.366 e. The van der Waals surface area contributed by atoms with Crippen molar-refractivity contribution in [2.24, 2.45) is 0 Å². The van der Waals surface area contributed by atoms with Crippen molar-refractivity contribution in [3.05, 3.63) is 0 Å². The molecule has 0 aliphatic rings. The highest BCUT2D eigenvalue weighted by Crippen LogP contribution is 2.12. The Morgan fingerprint density at radius 2 is 1.54 bits per heavy atom. The molecule has 0 aromatic carbocycles. The molecule has 0 aliphatic carbocycles. The standard InChI is InChI=1S/C11H23ClO/c1-3-4-5-6-7-8-9-10-11(12)13-2/h11H,3-10H2,1-2H3. The molecule has 0 N–H and O–H groups in total. The van der Waals surface area contributed by atoms with Crippen LogP contribution in [0, 0.1) is 0 Å². The average Bonchev–Trinajstić information content (AvgIpc) is 2.16. The highest BCUT2D eigenvalue weighted by molar-refractivity contribution is 6.19. The van der Waals surface area contributed by atoms with E-state index >= 15 is 0 Å². The first-order valence-corrected chi connectivity index (χ1v) is 5.91. The second kappa shape index (κ2) is 10.3. The second-order valence-corrected chi connectivity index (χ2v) is 4.04. The van der Waals surface area contributed by atoms with E-state index in [9.17, 15) is 0 Å². The molecule has 0 rings (SSSR count). The van der Waals surface area contributed by atoms with Gasteiger partial charge in [-0.1, -0.05) is 57.0 Å². The number of halogens is 1. The Bertz CT molecular complexity index is 96.1. The normalized spacial score (nSPS) is 13.2. The zero-order chi connectivity index (χ0) is 9.94. The van der Waals surface area contributed by atoms with E-state index in [1.807, 2.05) is 0 Å². The fourth-order valence-electron chi connectivity index (χ4n) is 1.38. The van der Waals surface area contributed by atoms with Crippen molar-refractivity contribution in [1.82, 2.24) is 0 Å². The van der Waals surface area contributed by atoms with Crippen LogP contribution in [0.3, 0.4) is 0 Å². The van der Waals surface area contributed by atoms with Crippen molar-refractivity contribution >= 4 is 11.6 Å². The van der Waals surface area contributed by atoms with Crippen LogP contribution in [0.4, 0.5) is 0 Å². The van der Waals surface area contributed by atoms with Gasteiger partial charge in [0, 0.05) is 7.11 Å². The third-order valence-corrected chi connectivity index (χ3v) is 2.69. The van der Waals surface area contributed by atoms with Gasteiger partial charge in [-0.05, 0) is 12.8 Å². The predicted molar refractivity (Wildman–Crippen MR) is 59.3 cm³/mol. The molecule has 1 nitrogen and oxygen atoms in total. The summed E-state index contributed by atoms with van der Waals surface area (Å²) in [5.74, 6) is 0. The SMILES string of the molecule is CCCCCCCCCC(Cl)OC. The van der Waals surface area contributed by atoms with E-state index in [-0.39, 0.29) is 5.56 Å². The van der Waals surface area contributed by atoms with Gasteiger partial charge in [-0.3, -0.25) is 0 Å². The minimum absolute atomic E-state index is 0.0735. The first-order valence-electron chi connectivity index (χ1n) is 5.48. The van der Waals surface area contributed by atoms with Gasteiger partial charge in [0.05, 0.1) is 0 Å². The summed E-state index contributed by atoms with van der Waals surface area (Å²) in [7, 11) is 1.67. The van der Waals surface area contributed by atoms with E-state index in [0.29, 0.717) is 0 Å². The van der Waals surface area contributed by atoms with Crippen molar-refractivity contribution < 1.29 is 4.74 Å². The fourth-order valence-corrected chi connectivity index (χ4v) is 1.53. The van der Waals surface area contributed by atoms with Crippen LogP contribution in [0.15, 0.2) is 0 Å². The Balaban J connectivity index is 2.91. The lowest BCUT2D eigenvalue weighted by molar-refractivity contribution is 0.157. The maximum atomic E-state index is 5.81. The van der Waals surface area contributed by atoms with E-state index in [2.05, 4.69) is 6.92 Å². The molecule has 0 aromatic heterocycles. The molecule has 80 valence electrons. The molecule has 0 bridgehead atoms. The Hall–Kier alpha value is 0.250. The van der Waals surface area contributed by atoms with Gasteiger partial charge in [0.25, 0.3) is 0 Å². The van der Waals surface area contributed by atoms with Crippen LogP contribution in [-0.2, 0) is 4.74 Å². The largest absolute Gasteiger partial charge is 0.366 e. The predicted octanol–water partition coefficient (Wildman–Crippen LogP) is 4.34. The maximum Gasteiger partial charge on any atom is 0.130 e. The van der Waals surface area contributed by atoms with Gasteiger partial charge >= 0.3 is 0 Å². The Labute approximate surface area is 87.8 Å². The van der Waals surface area contributed by atoms with Crippen molar-refractivity contribution in [2.75, 3.05) is 7.11 Å². The molecule has 13 heavy (non-hydrogen) atoms. The Kier molecular flexibility index (Phi) is 10.5. The smallest absolute Gasteiger partial charge is 0.130 e. The molecule has 0 aromatic rings. The van der Waals surface area contributed by atoms with E-state index < -0.39 is 0 Å². The van der Waals surface area contributed by atoms with Crippen LogP contribution >= 0.6 is 11.6 Å². The van der Waals surface area contributed by atoms with E-state index in [1.165, 1.54) is 44.9 Å². The van der Waals surface area contributed by atoms with Crippen LogP contribution < -0.4 is 0 Å². The first-order chi connectivity index (χ1) is 6.31. The molecule has 2 heteroatoms. The molecule has 0 spiro atoms. The molecule has 0 heterocycles. The van der Waals surface area contributed by atoms with E-state index in [1.54, 1.807) is 7.11 Å². The zero-order valence-electron chi connectivity index (χ0n) is 9.02. The summed E-state index contributed by atoms with van der Waals surface area (Å²) in [6.07, 6.45) is 10.3. The molecule has 1 unspecified atom stereocenters. The number of hydrogen-bond acceptors (Lipinski definition) is 1. The number of rotatable bonds is 9. The quantitative estimate of drug-likeness (QED) is 0.403. The number of ether oxygens (including phenoxy) is 1. The number of unbranched alkanes of at least 4 members (excludes halogenated alkanes) is 6. The summed E-state index contributed by atoms with van der Waals surface area (Å²) < 4.78 is 4.96. The van der Waals surface area contributed by atoms with Gasteiger partial charge in [0.2, 0.25) is 0 Å². The monoisotopic (exact) mass is 206 g/mol. The molecule has 0 fully saturated rings. The molecular weight excluding hydrogens is 184 g/mol. The highest BCUT2D eigenvalue weighted by Gasteiger charge is 2.00. The summed E-state index contributed by atoms with van der Waals surface area (Å²) in [5.41, 5.74) is -0.0735. The van der Waals surface area contributed by atoms with Crippen LogP contribution in [0.2, 0.25) is 0 Å². The summed E-state index contributed by atoms with van der Waals surface area (Å²) in [4.78, 5) is 0. The lowest BCUT2D eigenvalue weighted by atomic mass is 10.1. The van der Waals surface area contributed by atoms with E-state index in [4.69, 9.17) is 16.3 Å². The molecule has 1 atom stereocenters. The van der Waals surface area contributed by atoms with Crippen LogP contribution in [-0.4, -0.2) is 12.7 Å². The van der Waals surface area contributed by atoms with Gasteiger partial charge in [0.1, 0.15) is 5.56 Å². The molecule has 0 aliphatic heterocycles. The van der Waals surface area contributed by atoms with Gasteiger partial charge in [-0.2, -0.15) is 0 Å². The van der Waals surface area contributed by atoms with Gasteiger partial charge in [-0.15, -0.1) is 0 Å². The van der Waals surface area contributed by atoms with E-state index in [0.717, 1.165) is 6.42 Å². The highest BCUT2D eigenvalue weighted by atomic mass is 35.5. The molecule has 0 saturated carbocycles. The Morgan fingerprint density at radius 1 is 1.00 bits per heavy atom. The van der Waals surface area contributed by atoms with Crippen molar-refractivity contribution in [2.45, 2.75) is 63.9 Å². The second-order valence-electron chi connectivity index (χ2n) is 3.56. The molecule has 0 saturated heterocycles. The lowest BCUT2D eigenvalue weighted by Gasteiger charge is -2.06. The number of hydrogen-bond donors (Lipinski definition) is 0. The van der Waals surface area contributed by atoms with Crippen LogP contribution in [0.25, 0.3) is 0 Å². The average molecular weight is 207 g/mol. The number of alkyl halides is 1. The summed E-state index contributed by atoms with van der Waals surface area (Å²) >= 11 is 5.81. The van der Waals surface area contributed by atoms with Gasteiger partial charge in [-0.25, -0.2) is 0 Å². The third-order valence-electron chi connectivity index (χ3n) is 2.29. The van der Waals surface area contributed by atoms with Gasteiger partial charge in [0.15, 0.2) is 0 Å². The van der Waals surface area contributed by atoms with Crippen LogP contribution in [0.5, 0.6) is 0 Å². The summed E-state index contributed by atoms with van der Waals surface area (Å²) in [5, 5.41) is 0. The van der Waals surface area contributed by atoms with Crippen LogP contribution in [0.1, 0.15) is 58.3 Å². The van der Waals surface area contributed by atoms with Crippen molar-refractivity contribution in [3.63, 3.8) is 0 Å². The summed E-state index contributed by atoms with van der Waals surface area (Å²) in [6.45, 7) is 2.25. The molecule has 0 amide bonds. The topological polar surface area (TPSA) is 9.23 Å².